The van der Waals surface area contributed by atoms with Crippen LogP contribution in [-0.2, 0) is 4.74 Å². The predicted octanol–water partition coefficient (Wildman–Crippen LogP) is 2.43. The molecule has 16 heavy (non-hydrogen) atoms. The number of anilines is 1. The number of carbonyl (C=O) groups excluding carboxylic acids is 1. The van der Waals surface area contributed by atoms with Crippen LogP contribution in [-0.4, -0.2) is 17.6 Å². The topological polar surface area (TPSA) is 65.2 Å². The van der Waals surface area contributed by atoms with E-state index in [1.54, 1.807) is 6.92 Å². The number of hydrogen-bond donors (Lipinski definition) is 1. The van der Waals surface area contributed by atoms with Crippen LogP contribution in [0.3, 0.4) is 0 Å². The molecule has 0 aliphatic carbocycles. The van der Waals surface area contributed by atoms with E-state index in [1.165, 1.54) is 0 Å². The zero-order chi connectivity index (χ0) is 12.3. The molecule has 1 heterocycles. The van der Waals surface area contributed by atoms with Gasteiger partial charge in [-0.15, -0.1) is 0 Å². The van der Waals surface area contributed by atoms with Crippen molar-refractivity contribution >= 4 is 23.4 Å². The zero-order valence-corrected chi connectivity index (χ0v) is 9.09. The SMILES string of the molecule is CCOC(=O)c1cc(C(F)F)c(Cl)c(N)n1. The number of esters is 1. The second-order valence-corrected chi connectivity index (χ2v) is 3.20. The molecular weight excluding hydrogens is 242 g/mol. The van der Waals surface area contributed by atoms with Gasteiger partial charge in [0.25, 0.3) is 6.43 Å². The Kier molecular flexibility index (Phi) is 4.00. The molecule has 1 aromatic heterocycles. The van der Waals surface area contributed by atoms with Crippen LogP contribution < -0.4 is 5.73 Å². The number of nitrogens with two attached hydrogens (primary N) is 1. The van der Waals surface area contributed by atoms with E-state index < -0.39 is 18.0 Å². The van der Waals surface area contributed by atoms with E-state index >= 15 is 0 Å². The molecule has 0 aliphatic heterocycles. The number of pyridine rings is 1. The van der Waals surface area contributed by atoms with Crippen LogP contribution in [0.25, 0.3) is 0 Å². The van der Waals surface area contributed by atoms with Crippen molar-refractivity contribution in [2.45, 2.75) is 13.3 Å². The fourth-order valence-electron chi connectivity index (χ4n) is 1.04. The number of nitrogen functional groups attached to an aromatic ring is 1. The molecule has 88 valence electrons. The lowest BCUT2D eigenvalue weighted by molar-refractivity contribution is 0.0519. The maximum absolute atomic E-state index is 12.5. The Morgan fingerprint density at radius 3 is 2.81 bits per heavy atom. The summed E-state index contributed by atoms with van der Waals surface area (Å²) in [6.45, 7) is 1.71. The van der Waals surface area contributed by atoms with Crippen molar-refractivity contribution < 1.29 is 18.3 Å². The molecule has 0 atom stereocenters. The third kappa shape index (κ3) is 2.57. The average molecular weight is 251 g/mol. The average Bonchev–Trinajstić information content (AvgIpc) is 2.21. The number of carbonyl (C=O) groups is 1. The molecule has 0 fully saturated rings. The number of aromatic nitrogens is 1. The third-order valence-corrected chi connectivity index (χ3v) is 2.14. The van der Waals surface area contributed by atoms with Gasteiger partial charge in [0.15, 0.2) is 5.69 Å². The van der Waals surface area contributed by atoms with Crippen molar-refractivity contribution in [3.63, 3.8) is 0 Å². The minimum absolute atomic E-state index is 0.118. The second-order valence-electron chi connectivity index (χ2n) is 2.82. The molecule has 1 aromatic rings. The number of ether oxygens (including phenoxy) is 1. The Bertz CT molecular complexity index is 413. The largest absolute Gasteiger partial charge is 0.461 e. The summed E-state index contributed by atoms with van der Waals surface area (Å²) < 4.78 is 29.6. The van der Waals surface area contributed by atoms with Gasteiger partial charge in [0, 0.05) is 5.56 Å². The summed E-state index contributed by atoms with van der Waals surface area (Å²) in [7, 11) is 0. The first-order chi connectivity index (χ1) is 7.47. The highest BCUT2D eigenvalue weighted by Gasteiger charge is 2.20. The molecule has 0 saturated carbocycles. The van der Waals surface area contributed by atoms with Crippen molar-refractivity contribution in [3.05, 3.63) is 22.3 Å². The molecule has 0 unspecified atom stereocenters. The van der Waals surface area contributed by atoms with Crippen LogP contribution in [0.1, 0.15) is 29.4 Å². The Hall–Kier alpha value is -1.43. The zero-order valence-electron chi connectivity index (χ0n) is 8.34. The van der Waals surface area contributed by atoms with Crippen LogP contribution in [0.2, 0.25) is 5.02 Å². The first-order valence-electron chi connectivity index (χ1n) is 4.38. The van der Waals surface area contributed by atoms with Gasteiger partial charge in [-0.05, 0) is 13.0 Å². The Balaban J connectivity index is 3.18. The van der Waals surface area contributed by atoms with Crippen LogP contribution in [0.4, 0.5) is 14.6 Å². The van der Waals surface area contributed by atoms with Gasteiger partial charge in [0.05, 0.1) is 11.6 Å². The van der Waals surface area contributed by atoms with Gasteiger partial charge in [-0.3, -0.25) is 0 Å². The Morgan fingerprint density at radius 2 is 2.31 bits per heavy atom. The van der Waals surface area contributed by atoms with Gasteiger partial charge < -0.3 is 10.5 Å². The lowest BCUT2D eigenvalue weighted by atomic mass is 10.2. The molecule has 0 aliphatic rings. The molecule has 0 amide bonds. The van der Waals surface area contributed by atoms with Gasteiger partial charge in [-0.1, -0.05) is 11.6 Å². The monoisotopic (exact) mass is 250 g/mol. The van der Waals surface area contributed by atoms with E-state index in [-0.39, 0.29) is 23.1 Å². The molecule has 0 radical (unpaired) electrons. The summed E-state index contributed by atoms with van der Waals surface area (Å²) in [6.07, 6.45) is -2.83. The molecule has 1 rings (SSSR count). The number of nitrogens with zero attached hydrogens (tertiary/aromatic N) is 1. The minimum Gasteiger partial charge on any atom is -0.461 e. The van der Waals surface area contributed by atoms with Crippen molar-refractivity contribution in [3.8, 4) is 0 Å². The van der Waals surface area contributed by atoms with Gasteiger partial charge >= 0.3 is 5.97 Å². The lowest BCUT2D eigenvalue weighted by Crippen LogP contribution is -2.10. The van der Waals surface area contributed by atoms with Gasteiger partial charge in [-0.2, -0.15) is 0 Å². The van der Waals surface area contributed by atoms with Crippen molar-refractivity contribution in [1.29, 1.82) is 0 Å². The number of hydrogen-bond acceptors (Lipinski definition) is 4. The smallest absolute Gasteiger partial charge is 0.357 e. The summed E-state index contributed by atoms with van der Waals surface area (Å²) in [5.74, 6) is -1.13. The predicted molar refractivity (Wildman–Crippen MR) is 54.6 cm³/mol. The van der Waals surface area contributed by atoms with Crippen molar-refractivity contribution in [2.75, 3.05) is 12.3 Å². The van der Waals surface area contributed by atoms with Gasteiger partial charge in [0.2, 0.25) is 0 Å². The number of rotatable bonds is 3. The highest BCUT2D eigenvalue weighted by Crippen LogP contribution is 2.30. The molecule has 0 bridgehead atoms. The van der Waals surface area contributed by atoms with Crippen LogP contribution in [0.15, 0.2) is 6.07 Å². The maximum atomic E-state index is 12.5. The lowest BCUT2D eigenvalue weighted by Gasteiger charge is -2.08. The van der Waals surface area contributed by atoms with E-state index in [4.69, 9.17) is 17.3 Å². The summed E-state index contributed by atoms with van der Waals surface area (Å²) in [4.78, 5) is 14.8. The normalized spacial score (nSPS) is 10.6. The fourth-order valence-corrected chi connectivity index (χ4v) is 1.22. The molecule has 0 spiro atoms. The fraction of sp³-hybridized carbons (Fsp3) is 0.333. The number of halogens is 3. The quantitative estimate of drug-likeness (QED) is 0.837. The molecule has 2 N–H and O–H groups in total. The summed E-state index contributed by atoms with van der Waals surface area (Å²) in [5.41, 5.74) is 4.50. The van der Waals surface area contributed by atoms with E-state index in [1.807, 2.05) is 0 Å². The third-order valence-electron chi connectivity index (χ3n) is 1.73. The van der Waals surface area contributed by atoms with Gasteiger partial charge in [0.1, 0.15) is 5.82 Å². The highest BCUT2D eigenvalue weighted by atomic mass is 35.5. The van der Waals surface area contributed by atoms with Crippen LogP contribution >= 0.6 is 11.6 Å². The van der Waals surface area contributed by atoms with Crippen molar-refractivity contribution in [2.24, 2.45) is 0 Å². The highest BCUT2D eigenvalue weighted by molar-refractivity contribution is 6.33. The van der Waals surface area contributed by atoms with E-state index in [0.29, 0.717) is 0 Å². The summed E-state index contributed by atoms with van der Waals surface area (Å²) >= 11 is 5.52. The van der Waals surface area contributed by atoms with Gasteiger partial charge in [-0.25, -0.2) is 18.6 Å². The van der Waals surface area contributed by atoms with E-state index in [9.17, 15) is 13.6 Å². The second kappa shape index (κ2) is 5.07. The van der Waals surface area contributed by atoms with Crippen molar-refractivity contribution in [1.82, 2.24) is 4.98 Å². The van der Waals surface area contributed by atoms with E-state index in [0.717, 1.165) is 6.07 Å². The summed E-state index contributed by atoms with van der Waals surface area (Å²) in [6, 6.07) is 0.876. The molecule has 4 nitrogen and oxygen atoms in total. The summed E-state index contributed by atoms with van der Waals surface area (Å²) in [5, 5.41) is -0.344. The molecule has 7 heteroatoms. The standard InChI is InChI=1S/C9H9ClF2N2O2/c1-2-16-9(15)5-3-4(7(11)12)6(10)8(13)14-5/h3,7H,2H2,1H3,(H2,13,14). The number of alkyl halides is 2. The Labute approximate surface area is 95.4 Å². The molecule has 0 saturated heterocycles. The first kappa shape index (κ1) is 12.6. The molecular formula is C9H9ClF2N2O2. The minimum atomic E-state index is -2.83. The molecule has 0 aromatic carbocycles. The maximum Gasteiger partial charge on any atom is 0.357 e. The van der Waals surface area contributed by atoms with Crippen LogP contribution in [0, 0.1) is 0 Å². The van der Waals surface area contributed by atoms with Crippen LogP contribution in [0.5, 0.6) is 0 Å². The van der Waals surface area contributed by atoms with E-state index in [2.05, 4.69) is 9.72 Å². The Morgan fingerprint density at radius 1 is 1.69 bits per heavy atom. The first-order valence-corrected chi connectivity index (χ1v) is 4.76.